The van der Waals surface area contributed by atoms with Gasteiger partial charge < -0.3 is 28.4 Å². The minimum Gasteiger partial charge on any atom is -0.489 e. The van der Waals surface area contributed by atoms with Gasteiger partial charge in [-0.2, -0.15) is 0 Å². The molecule has 0 aliphatic rings. The van der Waals surface area contributed by atoms with Crippen molar-refractivity contribution in [3.05, 3.63) is 77.4 Å². The summed E-state index contributed by atoms with van der Waals surface area (Å²) in [6, 6.07) is 19.4. The number of carbonyl (C=O) groups is 1. The average molecular weight is 481 g/mol. The van der Waals surface area contributed by atoms with Crippen molar-refractivity contribution >= 4 is 5.78 Å². The van der Waals surface area contributed by atoms with E-state index in [-0.39, 0.29) is 19.4 Å². The first-order chi connectivity index (χ1) is 17.1. The zero-order chi connectivity index (χ0) is 25.0. The van der Waals surface area contributed by atoms with Gasteiger partial charge in [0.05, 0.1) is 12.2 Å². The highest BCUT2D eigenvalue weighted by atomic mass is 16.7. The van der Waals surface area contributed by atoms with E-state index in [9.17, 15) is 4.79 Å². The second-order valence-corrected chi connectivity index (χ2v) is 7.80. The lowest BCUT2D eigenvalue weighted by molar-refractivity contribution is 0.0457. The number of benzene rings is 3. The van der Waals surface area contributed by atoms with Gasteiger partial charge in [0.1, 0.15) is 23.9 Å². The summed E-state index contributed by atoms with van der Waals surface area (Å²) in [7, 11) is 4.70. The second-order valence-electron chi connectivity index (χ2n) is 7.80. The Kier molecular flexibility index (Phi) is 10.1. The van der Waals surface area contributed by atoms with Gasteiger partial charge in [-0.15, -0.1) is 0 Å². The number of hydrogen-bond donors (Lipinski definition) is 0. The molecule has 0 spiro atoms. The summed E-state index contributed by atoms with van der Waals surface area (Å²) in [5.41, 5.74) is 3.91. The van der Waals surface area contributed by atoms with Crippen molar-refractivity contribution in [1.82, 2.24) is 0 Å². The van der Waals surface area contributed by atoms with Crippen LogP contribution in [-0.2, 0) is 27.2 Å². The van der Waals surface area contributed by atoms with Crippen molar-refractivity contribution in [3.8, 4) is 28.4 Å². The van der Waals surface area contributed by atoms with Crippen LogP contribution in [0.5, 0.6) is 17.2 Å². The van der Waals surface area contributed by atoms with Gasteiger partial charge in [-0.1, -0.05) is 42.5 Å². The van der Waals surface area contributed by atoms with Gasteiger partial charge in [-0.3, -0.25) is 4.79 Å². The third kappa shape index (κ3) is 7.05. The van der Waals surface area contributed by atoms with Crippen LogP contribution < -0.4 is 14.2 Å². The number of hydrogen-bond acceptors (Lipinski definition) is 7. The van der Waals surface area contributed by atoms with Crippen molar-refractivity contribution in [3.63, 3.8) is 0 Å². The topological polar surface area (TPSA) is 72.5 Å². The van der Waals surface area contributed by atoms with E-state index in [2.05, 4.69) is 0 Å². The Labute approximate surface area is 206 Å². The van der Waals surface area contributed by atoms with Gasteiger partial charge in [0.15, 0.2) is 19.4 Å². The highest BCUT2D eigenvalue weighted by molar-refractivity contribution is 6.01. The molecule has 0 unspecified atom stereocenters. The number of Topliss-reactive ketones (excluding diaryl/α,β-unsaturated/α-hetero) is 1. The van der Waals surface area contributed by atoms with Crippen LogP contribution in [-0.4, -0.2) is 47.3 Å². The van der Waals surface area contributed by atoms with E-state index < -0.39 is 0 Å². The van der Waals surface area contributed by atoms with E-state index >= 15 is 0 Å². The van der Waals surface area contributed by atoms with E-state index in [1.165, 1.54) is 14.0 Å². The van der Waals surface area contributed by atoms with E-state index in [4.69, 9.17) is 28.4 Å². The molecule has 0 aliphatic heterocycles. The zero-order valence-electron chi connectivity index (χ0n) is 20.7. The zero-order valence-corrected chi connectivity index (χ0v) is 20.7. The first kappa shape index (κ1) is 26.2. The molecule has 0 radical (unpaired) electrons. The largest absolute Gasteiger partial charge is 0.489 e. The molecule has 0 saturated heterocycles. The van der Waals surface area contributed by atoms with Crippen molar-refractivity contribution in [2.24, 2.45) is 0 Å². The molecule has 0 N–H and O–H groups in total. The molecular formula is C28H32O7. The predicted octanol–water partition coefficient (Wildman–Crippen LogP) is 5.29. The van der Waals surface area contributed by atoms with E-state index in [1.54, 1.807) is 20.3 Å². The smallest absolute Gasteiger partial charge is 0.188 e. The molecule has 3 rings (SSSR count). The van der Waals surface area contributed by atoms with Gasteiger partial charge in [0.2, 0.25) is 0 Å². The predicted molar refractivity (Wildman–Crippen MR) is 133 cm³/mol. The summed E-state index contributed by atoms with van der Waals surface area (Å²) in [6.07, 6.45) is 0.476. The van der Waals surface area contributed by atoms with Crippen molar-refractivity contribution < 1.29 is 33.2 Å². The number of ether oxygens (including phenoxy) is 6. The number of rotatable bonds is 14. The lowest BCUT2D eigenvalue weighted by Crippen LogP contribution is -2.12. The first-order valence-electron chi connectivity index (χ1n) is 11.3. The van der Waals surface area contributed by atoms with Crippen molar-refractivity contribution in [2.45, 2.75) is 20.0 Å². The maximum atomic E-state index is 12.8. The second kappa shape index (κ2) is 13.5. The molecule has 0 bridgehead atoms. The van der Waals surface area contributed by atoms with Crippen LogP contribution in [0.4, 0.5) is 0 Å². The molecule has 0 aromatic heterocycles. The summed E-state index contributed by atoms with van der Waals surface area (Å²) >= 11 is 0. The van der Waals surface area contributed by atoms with Crippen molar-refractivity contribution in [1.29, 1.82) is 0 Å². The molecule has 0 fully saturated rings. The molecule has 0 amide bonds. The SMILES string of the molecule is COCCc1c(C(C)=O)c(OCOC)cc(OCOC)c1-c1cccc(OCc2ccccc2)c1. The van der Waals surface area contributed by atoms with Gasteiger partial charge >= 0.3 is 0 Å². The summed E-state index contributed by atoms with van der Waals surface area (Å²) in [5.74, 6) is 1.48. The van der Waals surface area contributed by atoms with Crippen LogP contribution in [0.2, 0.25) is 0 Å². The Morgan fingerprint density at radius 2 is 1.49 bits per heavy atom. The van der Waals surface area contributed by atoms with Gasteiger partial charge in [-0.05, 0) is 42.2 Å². The molecular weight excluding hydrogens is 448 g/mol. The molecule has 0 atom stereocenters. The lowest BCUT2D eigenvalue weighted by Gasteiger charge is -2.22. The minimum atomic E-state index is -0.127. The van der Waals surface area contributed by atoms with Crippen molar-refractivity contribution in [2.75, 3.05) is 41.5 Å². The molecule has 3 aromatic carbocycles. The molecule has 3 aromatic rings. The molecule has 7 heteroatoms. The van der Waals surface area contributed by atoms with E-state index in [0.29, 0.717) is 42.4 Å². The molecule has 35 heavy (non-hydrogen) atoms. The fourth-order valence-electron chi connectivity index (χ4n) is 3.80. The number of ketones is 1. The number of methoxy groups -OCH3 is 3. The molecule has 0 saturated carbocycles. The third-order valence-electron chi connectivity index (χ3n) is 5.30. The Balaban J connectivity index is 2.11. The maximum Gasteiger partial charge on any atom is 0.188 e. The summed E-state index contributed by atoms with van der Waals surface area (Å²) < 4.78 is 33.4. The van der Waals surface area contributed by atoms with Crippen LogP contribution in [0.3, 0.4) is 0 Å². The Hall–Kier alpha value is -3.39. The maximum absolute atomic E-state index is 12.8. The summed E-state index contributed by atoms with van der Waals surface area (Å²) in [4.78, 5) is 12.8. The van der Waals surface area contributed by atoms with Gasteiger partial charge in [0.25, 0.3) is 0 Å². The van der Waals surface area contributed by atoms with Crippen LogP contribution in [0.15, 0.2) is 60.7 Å². The quantitative estimate of drug-likeness (QED) is 0.229. The lowest BCUT2D eigenvalue weighted by atomic mass is 9.90. The molecule has 186 valence electrons. The minimum absolute atomic E-state index is 0.00409. The van der Waals surface area contributed by atoms with Gasteiger partial charge in [-0.25, -0.2) is 0 Å². The fourth-order valence-corrected chi connectivity index (χ4v) is 3.80. The Morgan fingerprint density at radius 3 is 2.14 bits per heavy atom. The van der Waals surface area contributed by atoms with Crippen LogP contribution in [0.1, 0.15) is 28.4 Å². The highest BCUT2D eigenvalue weighted by Gasteiger charge is 2.24. The Morgan fingerprint density at radius 1 is 0.771 bits per heavy atom. The highest BCUT2D eigenvalue weighted by Crippen LogP contribution is 2.42. The van der Waals surface area contributed by atoms with Crippen LogP contribution in [0.25, 0.3) is 11.1 Å². The first-order valence-corrected chi connectivity index (χ1v) is 11.3. The Bertz CT molecular complexity index is 1100. The standard InChI is InChI=1S/C28H32O7/c1-20(29)27-24(13-14-30-2)28(26(35-19-32-4)16-25(27)34-18-31-3)22-11-8-12-23(15-22)33-17-21-9-6-5-7-10-21/h5-12,15-16H,13-14,17-19H2,1-4H3. The monoisotopic (exact) mass is 480 g/mol. The normalized spacial score (nSPS) is 10.7. The molecule has 0 heterocycles. The van der Waals surface area contributed by atoms with Crippen LogP contribution >= 0.6 is 0 Å². The van der Waals surface area contributed by atoms with Gasteiger partial charge in [0, 0.05) is 33.0 Å². The summed E-state index contributed by atoms with van der Waals surface area (Å²) in [5, 5.41) is 0. The summed E-state index contributed by atoms with van der Waals surface area (Å²) in [6.45, 7) is 2.40. The van der Waals surface area contributed by atoms with Crippen LogP contribution in [0, 0.1) is 0 Å². The average Bonchev–Trinajstić information content (AvgIpc) is 2.88. The third-order valence-corrected chi connectivity index (χ3v) is 5.30. The molecule has 7 nitrogen and oxygen atoms in total. The van der Waals surface area contributed by atoms with E-state index in [0.717, 1.165) is 22.3 Å². The van der Waals surface area contributed by atoms with E-state index in [1.807, 2.05) is 54.6 Å². The fraction of sp³-hybridized carbons (Fsp3) is 0.321. The number of carbonyl (C=O) groups excluding carboxylic acids is 1. The molecule has 0 aliphatic carbocycles.